The van der Waals surface area contributed by atoms with Crippen molar-refractivity contribution < 1.29 is 9.13 Å². The number of fused-ring (bicyclic) bond motifs is 1. The molecule has 17 heavy (non-hydrogen) atoms. The van der Waals surface area contributed by atoms with E-state index in [4.69, 9.17) is 4.74 Å². The van der Waals surface area contributed by atoms with E-state index in [1.54, 1.807) is 13.2 Å². The number of H-pyrrole nitrogens is 1. The minimum Gasteiger partial charge on any atom is -0.375 e. The average molecular weight is 234 g/mol. The maximum absolute atomic E-state index is 13.8. The van der Waals surface area contributed by atoms with Crippen LogP contribution in [0.25, 0.3) is 10.9 Å². The first kappa shape index (κ1) is 10.7. The molecular formula is C13H15FN2O. The van der Waals surface area contributed by atoms with Crippen LogP contribution in [0.15, 0.2) is 24.4 Å². The second-order valence-corrected chi connectivity index (χ2v) is 4.64. The van der Waals surface area contributed by atoms with Crippen LogP contribution in [-0.4, -0.2) is 30.8 Å². The molecular weight excluding hydrogens is 219 g/mol. The second-order valence-electron chi connectivity index (χ2n) is 4.64. The SMILES string of the molecule is COC1(Cc2c[nH]c3cccc(F)c23)CNC1. The fraction of sp³-hybridized carbons (Fsp3) is 0.385. The number of aromatic amines is 1. The molecule has 2 N–H and O–H groups in total. The van der Waals surface area contributed by atoms with Gasteiger partial charge in [-0.05, 0) is 17.7 Å². The first-order valence-electron chi connectivity index (χ1n) is 5.74. The van der Waals surface area contributed by atoms with Gasteiger partial charge in [0.1, 0.15) is 5.82 Å². The van der Waals surface area contributed by atoms with Gasteiger partial charge in [0.25, 0.3) is 0 Å². The summed E-state index contributed by atoms with van der Waals surface area (Å²) in [7, 11) is 1.71. The molecule has 0 bridgehead atoms. The second kappa shape index (κ2) is 3.82. The largest absolute Gasteiger partial charge is 0.375 e. The van der Waals surface area contributed by atoms with E-state index in [0.717, 1.165) is 30.6 Å². The van der Waals surface area contributed by atoms with Gasteiger partial charge in [-0.15, -0.1) is 0 Å². The Labute approximate surface area is 99.0 Å². The lowest BCUT2D eigenvalue weighted by Gasteiger charge is -2.41. The maximum atomic E-state index is 13.8. The van der Waals surface area contributed by atoms with E-state index in [-0.39, 0.29) is 11.4 Å². The van der Waals surface area contributed by atoms with Crippen LogP contribution in [0.4, 0.5) is 4.39 Å². The van der Waals surface area contributed by atoms with Crippen LogP contribution in [-0.2, 0) is 11.2 Å². The predicted molar refractivity (Wildman–Crippen MR) is 64.6 cm³/mol. The summed E-state index contributed by atoms with van der Waals surface area (Å²) in [6.07, 6.45) is 2.62. The number of hydrogen-bond donors (Lipinski definition) is 2. The molecule has 1 aromatic heterocycles. The number of rotatable bonds is 3. The molecule has 0 radical (unpaired) electrons. The van der Waals surface area contributed by atoms with E-state index < -0.39 is 0 Å². The molecule has 2 heterocycles. The van der Waals surface area contributed by atoms with Gasteiger partial charge in [0.15, 0.2) is 0 Å². The number of nitrogens with one attached hydrogen (secondary N) is 2. The highest BCUT2D eigenvalue weighted by Crippen LogP contribution is 2.28. The number of halogens is 1. The van der Waals surface area contributed by atoms with Crippen LogP contribution in [0.5, 0.6) is 0 Å². The Morgan fingerprint density at radius 2 is 2.24 bits per heavy atom. The Morgan fingerprint density at radius 1 is 1.41 bits per heavy atom. The summed E-state index contributed by atoms with van der Waals surface area (Å²) in [5, 5.41) is 3.89. The summed E-state index contributed by atoms with van der Waals surface area (Å²) in [5.41, 5.74) is 1.66. The molecule has 0 aliphatic carbocycles. The summed E-state index contributed by atoms with van der Waals surface area (Å²) in [5.74, 6) is -0.169. The first-order chi connectivity index (χ1) is 8.24. The molecule has 3 rings (SSSR count). The van der Waals surface area contributed by atoms with Crippen molar-refractivity contribution in [3.8, 4) is 0 Å². The first-order valence-corrected chi connectivity index (χ1v) is 5.74. The lowest BCUT2D eigenvalue weighted by atomic mass is 9.88. The molecule has 4 heteroatoms. The smallest absolute Gasteiger partial charge is 0.132 e. The molecule has 0 unspecified atom stereocenters. The molecule has 1 aliphatic rings. The van der Waals surface area contributed by atoms with E-state index >= 15 is 0 Å². The van der Waals surface area contributed by atoms with Gasteiger partial charge in [-0.25, -0.2) is 4.39 Å². The molecule has 0 amide bonds. The Hall–Kier alpha value is -1.39. The van der Waals surface area contributed by atoms with E-state index in [0.29, 0.717) is 5.39 Å². The number of hydrogen-bond acceptors (Lipinski definition) is 2. The number of ether oxygens (including phenoxy) is 1. The quantitative estimate of drug-likeness (QED) is 0.850. The lowest BCUT2D eigenvalue weighted by molar-refractivity contribution is -0.0500. The molecule has 2 aromatic rings. The zero-order valence-corrected chi connectivity index (χ0v) is 9.72. The molecule has 1 fully saturated rings. The van der Waals surface area contributed by atoms with E-state index in [9.17, 15) is 4.39 Å². The van der Waals surface area contributed by atoms with Gasteiger partial charge in [0.2, 0.25) is 0 Å². The highest BCUT2D eigenvalue weighted by atomic mass is 19.1. The van der Waals surface area contributed by atoms with Gasteiger partial charge in [-0.3, -0.25) is 0 Å². The van der Waals surface area contributed by atoms with Gasteiger partial charge in [-0.1, -0.05) is 6.07 Å². The van der Waals surface area contributed by atoms with E-state index in [2.05, 4.69) is 10.3 Å². The maximum Gasteiger partial charge on any atom is 0.132 e. The Balaban J connectivity index is 2.00. The summed E-state index contributed by atoms with van der Waals surface area (Å²) in [4.78, 5) is 3.11. The van der Waals surface area contributed by atoms with Crippen molar-refractivity contribution in [3.05, 3.63) is 35.8 Å². The van der Waals surface area contributed by atoms with Gasteiger partial charge in [-0.2, -0.15) is 0 Å². The molecule has 1 aromatic carbocycles. The molecule has 1 aliphatic heterocycles. The number of aromatic nitrogens is 1. The minimum atomic E-state index is -0.169. The molecule has 0 spiro atoms. The topological polar surface area (TPSA) is 37.0 Å². The standard InChI is InChI=1S/C13H15FN2O/c1-17-13(7-15-8-13)5-9-6-16-11-4-2-3-10(14)12(9)11/h2-4,6,15-16H,5,7-8H2,1H3. The van der Waals surface area contributed by atoms with E-state index in [1.165, 1.54) is 6.07 Å². The third-order valence-electron chi connectivity index (χ3n) is 3.58. The van der Waals surface area contributed by atoms with Gasteiger partial charge in [0.05, 0.1) is 5.60 Å². The van der Waals surface area contributed by atoms with Crippen molar-refractivity contribution >= 4 is 10.9 Å². The molecule has 0 saturated carbocycles. The normalized spacial score (nSPS) is 18.2. The van der Waals surface area contributed by atoms with Crippen LogP contribution in [0.2, 0.25) is 0 Å². The summed E-state index contributed by atoms with van der Waals surface area (Å²) >= 11 is 0. The fourth-order valence-electron chi connectivity index (χ4n) is 2.44. The predicted octanol–water partition coefficient (Wildman–Crippen LogP) is 1.84. The van der Waals surface area contributed by atoms with Crippen LogP contribution in [0.3, 0.4) is 0 Å². The summed E-state index contributed by atoms with van der Waals surface area (Å²) in [6, 6.07) is 5.10. The monoisotopic (exact) mass is 234 g/mol. The van der Waals surface area contributed by atoms with Crippen molar-refractivity contribution in [1.29, 1.82) is 0 Å². The van der Waals surface area contributed by atoms with Gasteiger partial charge >= 0.3 is 0 Å². The molecule has 1 saturated heterocycles. The fourth-order valence-corrected chi connectivity index (χ4v) is 2.44. The van der Waals surface area contributed by atoms with Crippen LogP contribution in [0, 0.1) is 5.82 Å². The highest BCUT2D eigenvalue weighted by Gasteiger charge is 2.37. The Kier molecular flexibility index (Phi) is 2.42. The Morgan fingerprint density at radius 3 is 2.88 bits per heavy atom. The van der Waals surface area contributed by atoms with Crippen LogP contribution in [0.1, 0.15) is 5.56 Å². The molecule has 0 atom stereocenters. The summed E-state index contributed by atoms with van der Waals surface area (Å²) in [6.45, 7) is 1.65. The van der Waals surface area contributed by atoms with Gasteiger partial charge in [0, 0.05) is 43.7 Å². The molecule has 90 valence electrons. The minimum absolute atomic E-state index is 0.169. The van der Waals surface area contributed by atoms with Crippen LogP contribution < -0.4 is 5.32 Å². The van der Waals surface area contributed by atoms with Crippen molar-refractivity contribution in [3.63, 3.8) is 0 Å². The van der Waals surface area contributed by atoms with E-state index in [1.807, 2.05) is 12.3 Å². The average Bonchev–Trinajstić information content (AvgIpc) is 2.68. The van der Waals surface area contributed by atoms with Crippen molar-refractivity contribution in [2.24, 2.45) is 0 Å². The number of benzene rings is 1. The summed E-state index contributed by atoms with van der Waals surface area (Å²) < 4.78 is 19.3. The third kappa shape index (κ3) is 1.64. The zero-order valence-electron chi connectivity index (χ0n) is 9.72. The third-order valence-corrected chi connectivity index (χ3v) is 3.58. The van der Waals surface area contributed by atoms with Crippen molar-refractivity contribution in [2.45, 2.75) is 12.0 Å². The van der Waals surface area contributed by atoms with Crippen LogP contribution >= 0.6 is 0 Å². The van der Waals surface area contributed by atoms with Crippen molar-refractivity contribution in [1.82, 2.24) is 10.3 Å². The lowest BCUT2D eigenvalue weighted by Crippen LogP contribution is -2.61. The Bertz CT molecular complexity index is 540. The van der Waals surface area contributed by atoms with Gasteiger partial charge < -0.3 is 15.0 Å². The van der Waals surface area contributed by atoms with Crippen molar-refractivity contribution in [2.75, 3.05) is 20.2 Å². The highest BCUT2D eigenvalue weighted by molar-refractivity contribution is 5.83. The zero-order chi connectivity index (χ0) is 11.9. The molecule has 3 nitrogen and oxygen atoms in total. The number of methoxy groups -OCH3 is 1.